The molecule has 0 N–H and O–H groups in total. The summed E-state index contributed by atoms with van der Waals surface area (Å²) in [5, 5.41) is 0. The van der Waals surface area contributed by atoms with Gasteiger partial charge in [-0.15, -0.1) is 0 Å². The van der Waals surface area contributed by atoms with E-state index in [1.807, 2.05) is 0 Å². The second-order valence-corrected chi connectivity index (χ2v) is 18.4. The first-order valence-electron chi connectivity index (χ1n) is 8.09. The molecule has 0 aliphatic carbocycles. The van der Waals surface area contributed by atoms with E-state index >= 15 is 0 Å². The van der Waals surface area contributed by atoms with Gasteiger partial charge in [-0.25, -0.2) is 0 Å². The molecule has 0 saturated heterocycles. The third kappa shape index (κ3) is 8.52. The average molecular weight is 350 g/mol. The van der Waals surface area contributed by atoms with Crippen molar-refractivity contribution in [2.45, 2.75) is 96.5 Å². The molecule has 0 saturated carbocycles. The Balaban J connectivity index is 4.39. The van der Waals surface area contributed by atoms with Gasteiger partial charge >= 0.3 is 115 Å². The summed E-state index contributed by atoms with van der Waals surface area (Å²) >= 11 is -1.58. The predicted molar refractivity (Wildman–Crippen MR) is 84.6 cm³/mol. The van der Waals surface area contributed by atoms with Crippen molar-refractivity contribution in [3.05, 3.63) is 0 Å². The third-order valence-electron chi connectivity index (χ3n) is 3.94. The molecule has 0 aliphatic heterocycles. The number of hydrogen-bond donors (Lipinski definition) is 0. The Morgan fingerprint density at radius 2 is 0.706 bits per heavy atom. The molecular formula is C16H36Sb. The summed E-state index contributed by atoms with van der Waals surface area (Å²) in [4.78, 5) is 0. The molecule has 105 valence electrons. The summed E-state index contributed by atoms with van der Waals surface area (Å²) in [5.41, 5.74) is 0. The molecule has 0 rings (SSSR count). The van der Waals surface area contributed by atoms with Gasteiger partial charge < -0.3 is 0 Å². The minimum absolute atomic E-state index is 1.42. The summed E-state index contributed by atoms with van der Waals surface area (Å²) in [5.74, 6) is 0. The van der Waals surface area contributed by atoms with E-state index < -0.39 is 18.8 Å². The fourth-order valence-corrected chi connectivity index (χ4v) is 17.7. The standard InChI is InChI=1S/4C4H9.Sb/c4*1-3-4-2;/h4*1,3-4H2,2H3;. The molecule has 0 spiro atoms. The van der Waals surface area contributed by atoms with Crippen molar-refractivity contribution in [1.29, 1.82) is 0 Å². The molecule has 0 bridgehead atoms. The predicted octanol–water partition coefficient (Wildman–Crippen LogP) is 6.64. The summed E-state index contributed by atoms with van der Waals surface area (Å²) in [6, 6.07) is 0. The molecule has 1 radical (unpaired) electrons. The molecule has 0 fully saturated rings. The molecule has 0 nitrogen and oxygen atoms in total. The molecule has 0 heterocycles. The van der Waals surface area contributed by atoms with Crippen LogP contribution in [0.25, 0.3) is 0 Å². The SMILES string of the molecule is CCC[CH2][Sb]([CH2]CCC)([CH2]CCC)[CH2]CCC. The molecule has 0 unspecified atom stereocenters. The van der Waals surface area contributed by atoms with Crippen LogP contribution >= 0.6 is 0 Å². The fourth-order valence-electron chi connectivity index (χ4n) is 2.64. The Bertz CT molecular complexity index is 116. The molecule has 0 aromatic rings. The van der Waals surface area contributed by atoms with Gasteiger partial charge in [-0.2, -0.15) is 0 Å². The first kappa shape index (κ1) is 17.8. The summed E-state index contributed by atoms with van der Waals surface area (Å²) in [7, 11) is 0. The summed E-state index contributed by atoms with van der Waals surface area (Å²) in [6.45, 7) is 9.48. The maximum absolute atomic E-state index is 2.37. The normalized spacial score (nSPS) is 12.0. The van der Waals surface area contributed by atoms with Gasteiger partial charge in [0.25, 0.3) is 0 Å². The zero-order valence-electron chi connectivity index (χ0n) is 12.9. The molecule has 0 aromatic carbocycles. The number of hydrogen-bond acceptors (Lipinski definition) is 0. The van der Waals surface area contributed by atoms with E-state index in [9.17, 15) is 0 Å². The summed E-state index contributed by atoms with van der Waals surface area (Å²) in [6.07, 6.45) is 11.8. The van der Waals surface area contributed by atoms with E-state index in [0.717, 1.165) is 0 Å². The molecule has 0 atom stereocenters. The van der Waals surface area contributed by atoms with Crippen LogP contribution in [0.1, 0.15) is 79.1 Å². The fraction of sp³-hybridized carbons (Fsp3) is 1.00. The second kappa shape index (κ2) is 11.9. The van der Waals surface area contributed by atoms with Gasteiger partial charge in [0.2, 0.25) is 0 Å². The van der Waals surface area contributed by atoms with E-state index in [0.29, 0.717) is 0 Å². The van der Waals surface area contributed by atoms with E-state index in [1.54, 1.807) is 17.5 Å². The van der Waals surface area contributed by atoms with Crippen molar-refractivity contribution < 1.29 is 0 Å². The van der Waals surface area contributed by atoms with Gasteiger partial charge in [0.05, 0.1) is 0 Å². The van der Waals surface area contributed by atoms with Crippen molar-refractivity contribution in [3.63, 3.8) is 0 Å². The Hall–Kier alpha value is 0.818. The van der Waals surface area contributed by atoms with Crippen LogP contribution in [0, 0.1) is 0 Å². The zero-order valence-corrected chi connectivity index (χ0v) is 15.5. The molecular weight excluding hydrogens is 314 g/mol. The summed E-state index contributed by atoms with van der Waals surface area (Å²) < 4.78 is 6.76. The van der Waals surface area contributed by atoms with Crippen LogP contribution in [0.3, 0.4) is 0 Å². The van der Waals surface area contributed by atoms with E-state index in [4.69, 9.17) is 0 Å². The van der Waals surface area contributed by atoms with Crippen LogP contribution in [-0.4, -0.2) is 18.8 Å². The molecule has 0 aliphatic rings. The van der Waals surface area contributed by atoms with Crippen molar-refractivity contribution in [3.8, 4) is 0 Å². The average Bonchev–Trinajstić information content (AvgIpc) is 2.37. The monoisotopic (exact) mass is 349 g/mol. The zero-order chi connectivity index (χ0) is 13.0. The van der Waals surface area contributed by atoms with E-state index in [2.05, 4.69) is 27.7 Å². The Morgan fingerprint density at radius 1 is 0.471 bits per heavy atom. The van der Waals surface area contributed by atoms with Gasteiger partial charge in [-0.1, -0.05) is 0 Å². The van der Waals surface area contributed by atoms with Gasteiger partial charge in [0, 0.05) is 0 Å². The first-order valence-corrected chi connectivity index (χ1v) is 15.3. The van der Waals surface area contributed by atoms with Crippen LogP contribution in [0.15, 0.2) is 0 Å². The molecule has 0 aromatic heterocycles. The Morgan fingerprint density at radius 3 is 0.882 bits per heavy atom. The Labute approximate surface area is 115 Å². The molecule has 17 heavy (non-hydrogen) atoms. The van der Waals surface area contributed by atoms with Crippen LogP contribution in [0.2, 0.25) is 17.5 Å². The van der Waals surface area contributed by atoms with Gasteiger partial charge in [0.15, 0.2) is 0 Å². The maximum atomic E-state index is 2.37. The minimum atomic E-state index is -1.58. The first-order chi connectivity index (χ1) is 8.24. The van der Waals surface area contributed by atoms with Gasteiger partial charge in [0.1, 0.15) is 0 Å². The van der Waals surface area contributed by atoms with Crippen LogP contribution in [0.5, 0.6) is 0 Å². The van der Waals surface area contributed by atoms with Crippen molar-refractivity contribution >= 4 is 18.8 Å². The van der Waals surface area contributed by atoms with Crippen LogP contribution in [0.4, 0.5) is 0 Å². The molecule has 1 heteroatoms. The Kier molecular flexibility index (Phi) is 12.5. The number of rotatable bonds is 12. The van der Waals surface area contributed by atoms with E-state index in [-0.39, 0.29) is 0 Å². The van der Waals surface area contributed by atoms with Crippen LogP contribution in [-0.2, 0) is 0 Å². The second-order valence-electron chi connectivity index (χ2n) is 5.65. The van der Waals surface area contributed by atoms with Crippen molar-refractivity contribution in [2.24, 2.45) is 0 Å². The quantitative estimate of drug-likeness (QED) is 0.346. The van der Waals surface area contributed by atoms with Crippen molar-refractivity contribution in [1.82, 2.24) is 0 Å². The number of unbranched alkanes of at least 4 members (excludes halogenated alkanes) is 4. The van der Waals surface area contributed by atoms with E-state index in [1.165, 1.54) is 51.4 Å². The topological polar surface area (TPSA) is 0 Å². The van der Waals surface area contributed by atoms with Crippen LogP contribution < -0.4 is 0 Å². The van der Waals surface area contributed by atoms with Gasteiger partial charge in [-0.05, 0) is 0 Å². The molecule has 0 amide bonds. The van der Waals surface area contributed by atoms with Gasteiger partial charge in [-0.3, -0.25) is 0 Å². The van der Waals surface area contributed by atoms with Crippen molar-refractivity contribution in [2.75, 3.05) is 0 Å². The third-order valence-corrected chi connectivity index (χ3v) is 18.4.